The zero-order chi connectivity index (χ0) is 24.5. The van der Waals surface area contributed by atoms with Gasteiger partial charge < -0.3 is 25.0 Å². The Morgan fingerprint density at radius 1 is 1.26 bits per heavy atom. The van der Waals surface area contributed by atoms with Crippen LogP contribution >= 0.6 is 11.6 Å². The van der Waals surface area contributed by atoms with Crippen molar-refractivity contribution in [2.45, 2.75) is 81.5 Å². The first-order chi connectivity index (χ1) is 16.7. The molecule has 2 bridgehead atoms. The van der Waals surface area contributed by atoms with Crippen LogP contribution in [0, 0.1) is 5.82 Å². The minimum Gasteiger partial charge on any atom is -0.386 e. The van der Waals surface area contributed by atoms with Gasteiger partial charge in [0.2, 0.25) is 5.95 Å². The van der Waals surface area contributed by atoms with Crippen molar-refractivity contribution in [1.82, 2.24) is 9.97 Å². The van der Waals surface area contributed by atoms with E-state index >= 15 is 4.39 Å². The van der Waals surface area contributed by atoms with Gasteiger partial charge in [-0.25, -0.2) is 14.4 Å². The van der Waals surface area contributed by atoms with E-state index in [1.165, 1.54) is 12.3 Å². The molecule has 0 radical (unpaired) electrons. The molecule has 1 saturated carbocycles. The highest BCUT2D eigenvalue weighted by Crippen LogP contribution is 2.54. The number of halogens is 2. The summed E-state index contributed by atoms with van der Waals surface area (Å²) in [5.74, 6) is -0.194. The first kappa shape index (κ1) is 23.2. The van der Waals surface area contributed by atoms with Crippen LogP contribution in [0.2, 0.25) is 5.02 Å². The highest BCUT2D eigenvalue weighted by atomic mass is 35.5. The van der Waals surface area contributed by atoms with Crippen LogP contribution in [0.15, 0.2) is 23.3 Å². The van der Waals surface area contributed by atoms with Crippen LogP contribution in [0.3, 0.4) is 0 Å². The Bertz CT molecular complexity index is 1210. The molecule has 186 valence electrons. The summed E-state index contributed by atoms with van der Waals surface area (Å²) in [5, 5.41) is 24.8. The van der Waals surface area contributed by atoms with Crippen LogP contribution in [-0.4, -0.2) is 62.6 Å². The topological polar surface area (TPSA) is 109 Å². The molecular weight excluding hydrogens is 475 g/mol. The maximum absolute atomic E-state index is 15.4. The zero-order valence-electron chi connectivity index (χ0n) is 19.6. The SMILES string of the molecule is CC(C)(O)C1=Nc2c(F)cc(-c3nc(N[C@@H]4C[C@@H]5CO[C@@H](O5)[C@H]4O)ncc3Cl)cc2C12CCCC2. The fourth-order valence-electron chi connectivity index (χ4n) is 6.10. The van der Waals surface area contributed by atoms with E-state index in [0.29, 0.717) is 30.0 Å². The van der Waals surface area contributed by atoms with Crippen molar-refractivity contribution >= 4 is 28.9 Å². The van der Waals surface area contributed by atoms with E-state index in [1.807, 2.05) is 6.07 Å². The number of aliphatic imine (C=N–C) groups is 1. The summed E-state index contributed by atoms with van der Waals surface area (Å²) in [4.78, 5) is 13.5. The first-order valence-electron chi connectivity index (χ1n) is 12.1. The van der Waals surface area contributed by atoms with Crippen molar-refractivity contribution < 1.29 is 24.1 Å². The standard InChI is InChI=1S/C25H28ClFN4O4/c1-24(2,33)22-25(5-3-4-6-25)14-7-12(8-16(27)19(14)30-22)18-15(26)10-28-23(31-18)29-17-9-13-11-34-21(35-13)20(17)32/h7-8,10,13,17,20-21,32-33H,3-6,9,11H2,1-2H3,(H,28,29,31)/t13-,17-,20+,21+/m1/s1. The highest BCUT2D eigenvalue weighted by molar-refractivity contribution is 6.33. The van der Waals surface area contributed by atoms with Gasteiger partial charge in [0.25, 0.3) is 0 Å². The molecule has 35 heavy (non-hydrogen) atoms. The average molecular weight is 503 g/mol. The van der Waals surface area contributed by atoms with E-state index in [1.54, 1.807) is 13.8 Å². The summed E-state index contributed by atoms with van der Waals surface area (Å²) in [7, 11) is 0. The smallest absolute Gasteiger partial charge is 0.223 e. The van der Waals surface area contributed by atoms with Crippen LogP contribution in [0.4, 0.5) is 16.0 Å². The van der Waals surface area contributed by atoms with E-state index in [-0.39, 0.29) is 28.8 Å². The number of aliphatic hydroxyl groups excluding tert-OH is 1. The van der Waals surface area contributed by atoms with Gasteiger partial charge in [-0.3, -0.25) is 4.99 Å². The van der Waals surface area contributed by atoms with E-state index < -0.39 is 29.2 Å². The average Bonchev–Trinajstić information content (AvgIpc) is 3.52. The number of rotatable bonds is 4. The molecule has 6 rings (SSSR count). The predicted octanol–water partition coefficient (Wildman–Crippen LogP) is 3.89. The van der Waals surface area contributed by atoms with E-state index in [0.717, 1.165) is 31.2 Å². The lowest BCUT2D eigenvalue weighted by molar-refractivity contribution is -0.156. The summed E-state index contributed by atoms with van der Waals surface area (Å²) in [6, 6.07) is 2.94. The molecule has 3 fully saturated rings. The van der Waals surface area contributed by atoms with Gasteiger partial charge in [-0.15, -0.1) is 0 Å². The Balaban J connectivity index is 1.37. The molecule has 3 aliphatic heterocycles. The zero-order valence-corrected chi connectivity index (χ0v) is 20.3. The number of nitrogens with zero attached hydrogens (tertiary/aromatic N) is 3. The van der Waals surface area contributed by atoms with Gasteiger partial charge in [-0.05, 0) is 50.8 Å². The van der Waals surface area contributed by atoms with Crippen LogP contribution in [0.5, 0.6) is 0 Å². The van der Waals surface area contributed by atoms with Gasteiger partial charge in [0.1, 0.15) is 17.6 Å². The lowest BCUT2D eigenvalue weighted by Gasteiger charge is -2.33. The minimum absolute atomic E-state index is 0.0916. The number of hydrogen-bond acceptors (Lipinski definition) is 8. The molecule has 0 unspecified atom stereocenters. The summed E-state index contributed by atoms with van der Waals surface area (Å²) in [5.41, 5.74) is 0.943. The first-order valence-corrected chi connectivity index (χ1v) is 12.4. The summed E-state index contributed by atoms with van der Waals surface area (Å²) in [6.45, 7) is 3.85. The van der Waals surface area contributed by atoms with Gasteiger partial charge in [-0.1, -0.05) is 24.4 Å². The van der Waals surface area contributed by atoms with Crippen LogP contribution in [0.1, 0.15) is 51.5 Å². The Kier molecular flexibility index (Phi) is 5.43. The van der Waals surface area contributed by atoms with Gasteiger partial charge >= 0.3 is 0 Å². The molecule has 4 heterocycles. The number of ether oxygens (including phenoxy) is 2. The molecule has 1 aliphatic carbocycles. The Morgan fingerprint density at radius 2 is 2.03 bits per heavy atom. The van der Waals surface area contributed by atoms with Crippen LogP contribution < -0.4 is 5.32 Å². The molecule has 2 aromatic rings. The molecule has 2 saturated heterocycles. The third-order valence-corrected chi connectivity index (χ3v) is 7.88. The van der Waals surface area contributed by atoms with E-state index in [2.05, 4.69) is 20.3 Å². The lowest BCUT2D eigenvalue weighted by Crippen LogP contribution is -2.48. The second kappa shape index (κ2) is 8.18. The van der Waals surface area contributed by atoms with Crippen molar-refractivity contribution in [1.29, 1.82) is 0 Å². The molecule has 8 nitrogen and oxygen atoms in total. The summed E-state index contributed by atoms with van der Waals surface area (Å²) < 4.78 is 26.5. The minimum atomic E-state index is -1.16. The number of benzene rings is 1. The number of aromatic nitrogens is 2. The molecule has 1 spiro atoms. The third kappa shape index (κ3) is 3.76. The molecule has 4 aliphatic rings. The van der Waals surface area contributed by atoms with Gasteiger partial charge in [0, 0.05) is 11.0 Å². The summed E-state index contributed by atoms with van der Waals surface area (Å²) >= 11 is 6.48. The number of anilines is 1. The Morgan fingerprint density at radius 3 is 2.77 bits per heavy atom. The third-order valence-electron chi connectivity index (χ3n) is 7.61. The van der Waals surface area contributed by atoms with Crippen molar-refractivity contribution in [2.24, 2.45) is 4.99 Å². The number of nitrogens with one attached hydrogen (secondary N) is 1. The molecule has 10 heteroatoms. The fourth-order valence-corrected chi connectivity index (χ4v) is 6.30. The largest absolute Gasteiger partial charge is 0.386 e. The molecule has 1 aromatic carbocycles. The van der Waals surface area contributed by atoms with Crippen LogP contribution in [0.25, 0.3) is 11.3 Å². The maximum Gasteiger partial charge on any atom is 0.223 e. The fraction of sp³-hybridized carbons (Fsp3) is 0.560. The molecule has 1 aromatic heterocycles. The van der Waals surface area contributed by atoms with Crippen molar-refractivity contribution in [3.8, 4) is 11.3 Å². The van der Waals surface area contributed by atoms with Gasteiger partial charge in [-0.2, -0.15) is 0 Å². The predicted molar refractivity (Wildman–Crippen MR) is 129 cm³/mol. The lowest BCUT2D eigenvalue weighted by atomic mass is 9.71. The van der Waals surface area contributed by atoms with Gasteiger partial charge in [0.15, 0.2) is 6.29 Å². The molecule has 0 amide bonds. The van der Waals surface area contributed by atoms with Crippen molar-refractivity contribution in [2.75, 3.05) is 11.9 Å². The summed E-state index contributed by atoms with van der Waals surface area (Å²) in [6.07, 6.45) is 3.98. The number of hydrogen-bond donors (Lipinski definition) is 3. The normalized spacial score (nSPS) is 28.9. The molecule has 3 N–H and O–H groups in total. The second-order valence-electron chi connectivity index (χ2n) is 10.5. The quantitative estimate of drug-likeness (QED) is 0.582. The maximum atomic E-state index is 15.4. The second-order valence-corrected chi connectivity index (χ2v) is 10.9. The van der Waals surface area contributed by atoms with Gasteiger partial charge in [0.05, 0.1) is 47.0 Å². The number of aliphatic hydroxyl groups is 2. The molecule has 4 atom stereocenters. The van der Waals surface area contributed by atoms with Crippen molar-refractivity contribution in [3.05, 3.63) is 34.7 Å². The van der Waals surface area contributed by atoms with Crippen LogP contribution in [-0.2, 0) is 14.9 Å². The Hall–Kier alpha value is -2.17. The van der Waals surface area contributed by atoms with Crippen molar-refractivity contribution in [3.63, 3.8) is 0 Å². The van der Waals surface area contributed by atoms with E-state index in [9.17, 15) is 10.2 Å². The monoisotopic (exact) mass is 502 g/mol. The van der Waals surface area contributed by atoms with E-state index in [4.69, 9.17) is 21.1 Å². The number of fused-ring (bicyclic) bond motifs is 4. The molecular formula is C25H28ClFN4O4. The highest BCUT2D eigenvalue weighted by Gasteiger charge is 2.51. The Labute approximate surface area is 207 Å².